The highest BCUT2D eigenvalue weighted by atomic mass is 16.2. The molecule has 0 aliphatic carbocycles. The summed E-state index contributed by atoms with van der Waals surface area (Å²) in [6.07, 6.45) is 0. The maximum absolute atomic E-state index is 11.9. The molecule has 18 heavy (non-hydrogen) atoms. The van der Waals surface area contributed by atoms with Crippen molar-refractivity contribution in [3.8, 4) is 11.4 Å². The lowest BCUT2D eigenvalue weighted by Crippen LogP contribution is -2.27. The molecule has 1 amide bonds. The van der Waals surface area contributed by atoms with Crippen LogP contribution in [0.3, 0.4) is 0 Å². The predicted octanol–water partition coefficient (Wildman–Crippen LogP) is 1.85. The van der Waals surface area contributed by atoms with E-state index in [1.54, 1.807) is 0 Å². The van der Waals surface area contributed by atoms with Gasteiger partial charge in [0.2, 0.25) is 11.7 Å². The van der Waals surface area contributed by atoms with Crippen LogP contribution in [0.2, 0.25) is 0 Å². The molecule has 1 aromatic carbocycles. The Morgan fingerprint density at radius 2 is 2.11 bits per heavy atom. The van der Waals surface area contributed by atoms with Crippen molar-refractivity contribution >= 4 is 11.6 Å². The molecule has 2 aromatic rings. The van der Waals surface area contributed by atoms with Crippen LogP contribution in [0.4, 0.5) is 5.69 Å². The Kier molecular flexibility index (Phi) is 3.10. The number of tetrazole rings is 1. The maximum atomic E-state index is 11.9. The Morgan fingerprint density at radius 1 is 1.33 bits per heavy atom. The summed E-state index contributed by atoms with van der Waals surface area (Å²) in [7, 11) is 0. The Hall–Kier alpha value is -2.24. The minimum Gasteiger partial charge on any atom is -0.326 e. The van der Waals surface area contributed by atoms with E-state index in [1.807, 2.05) is 45.0 Å². The molecule has 0 saturated carbocycles. The number of nitrogens with zero attached hydrogens (tertiary/aromatic N) is 3. The molecule has 0 bridgehead atoms. The minimum absolute atomic E-state index is 0.0345. The number of carbonyl (C=O) groups is 1. The van der Waals surface area contributed by atoms with Crippen LogP contribution in [0, 0.1) is 5.41 Å². The van der Waals surface area contributed by atoms with Crippen LogP contribution >= 0.6 is 0 Å². The minimum atomic E-state index is -0.428. The monoisotopic (exact) mass is 245 g/mol. The Morgan fingerprint density at radius 3 is 2.72 bits per heavy atom. The number of aromatic amines is 1. The van der Waals surface area contributed by atoms with Crippen LogP contribution in [0.5, 0.6) is 0 Å². The number of benzene rings is 1. The van der Waals surface area contributed by atoms with Gasteiger partial charge in [-0.15, -0.1) is 10.2 Å². The van der Waals surface area contributed by atoms with E-state index in [1.165, 1.54) is 0 Å². The molecular weight excluding hydrogens is 230 g/mol. The average Bonchev–Trinajstić information content (AvgIpc) is 2.81. The summed E-state index contributed by atoms with van der Waals surface area (Å²) < 4.78 is 0. The van der Waals surface area contributed by atoms with Crippen molar-refractivity contribution in [3.05, 3.63) is 24.3 Å². The van der Waals surface area contributed by atoms with Crippen molar-refractivity contribution in [3.63, 3.8) is 0 Å². The number of aromatic nitrogens is 4. The van der Waals surface area contributed by atoms with Gasteiger partial charge in [0.1, 0.15) is 0 Å². The SMILES string of the molecule is CC(C)(C)C(=O)Nc1cccc(-c2nn[nH]n2)c1. The van der Waals surface area contributed by atoms with Gasteiger partial charge < -0.3 is 5.32 Å². The van der Waals surface area contributed by atoms with E-state index >= 15 is 0 Å². The van der Waals surface area contributed by atoms with Gasteiger partial charge in [-0.1, -0.05) is 32.9 Å². The third kappa shape index (κ3) is 2.71. The van der Waals surface area contributed by atoms with E-state index in [0.717, 1.165) is 11.3 Å². The van der Waals surface area contributed by atoms with E-state index in [-0.39, 0.29) is 5.91 Å². The van der Waals surface area contributed by atoms with Crippen molar-refractivity contribution < 1.29 is 4.79 Å². The largest absolute Gasteiger partial charge is 0.326 e. The zero-order chi connectivity index (χ0) is 13.2. The first-order valence-corrected chi connectivity index (χ1v) is 5.62. The summed E-state index contributed by atoms with van der Waals surface area (Å²) in [5.74, 6) is 0.467. The van der Waals surface area contributed by atoms with E-state index in [9.17, 15) is 4.79 Å². The van der Waals surface area contributed by atoms with Crippen molar-refractivity contribution in [2.75, 3.05) is 5.32 Å². The normalized spacial score (nSPS) is 11.3. The maximum Gasteiger partial charge on any atom is 0.229 e. The number of H-pyrrole nitrogens is 1. The molecule has 1 heterocycles. The van der Waals surface area contributed by atoms with Crippen molar-refractivity contribution in [2.45, 2.75) is 20.8 Å². The summed E-state index contributed by atoms with van der Waals surface area (Å²) in [5, 5.41) is 16.6. The first kappa shape index (κ1) is 12.2. The molecule has 0 aliphatic heterocycles. The number of carbonyl (C=O) groups excluding carboxylic acids is 1. The lowest BCUT2D eigenvalue weighted by Gasteiger charge is -2.17. The van der Waals surface area contributed by atoms with Gasteiger partial charge in [0.25, 0.3) is 0 Å². The van der Waals surface area contributed by atoms with E-state index in [2.05, 4.69) is 25.9 Å². The topological polar surface area (TPSA) is 83.6 Å². The summed E-state index contributed by atoms with van der Waals surface area (Å²) in [6, 6.07) is 7.34. The highest BCUT2D eigenvalue weighted by Gasteiger charge is 2.21. The molecule has 0 spiro atoms. The Labute approximate surface area is 105 Å². The molecule has 6 nitrogen and oxygen atoms in total. The van der Waals surface area contributed by atoms with Crippen molar-refractivity contribution in [1.29, 1.82) is 0 Å². The molecule has 0 radical (unpaired) electrons. The van der Waals surface area contributed by atoms with Gasteiger partial charge in [-0.3, -0.25) is 4.79 Å². The second kappa shape index (κ2) is 4.56. The van der Waals surface area contributed by atoms with E-state index in [0.29, 0.717) is 5.82 Å². The molecular formula is C12H15N5O. The standard InChI is InChI=1S/C12H15N5O/c1-12(2,3)11(18)13-9-6-4-5-8(7-9)10-14-16-17-15-10/h4-7H,1-3H3,(H,13,18)(H,14,15,16,17). The molecule has 0 fully saturated rings. The van der Waals surface area contributed by atoms with Crippen LogP contribution in [0.1, 0.15) is 20.8 Å². The highest BCUT2D eigenvalue weighted by molar-refractivity contribution is 5.94. The smallest absolute Gasteiger partial charge is 0.229 e. The molecule has 2 rings (SSSR count). The van der Waals surface area contributed by atoms with Gasteiger partial charge in [0.05, 0.1) is 0 Å². The van der Waals surface area contributed by atoms with Gasteiger partial charge >= 0.3 is 0 Å². The highest BCUT2D eigenvalue weighted by Crippen LogP contribution is 2.21. The third-order valence-electron chi connectivity index (χ3n) is 2.41. The molecule has 0 atom stereocenters. The fourth-order valence-corrected chi connectivity index (χ4v) is 1.34. The quantitative estimate of drug-likeness (QED) is 0.845. The third-order valence-corrected chi connectivity index (χ3v) is 2.41. The number of anilines is 1. The number of amides is 1. The molecule has 6 heteroatoms. The van der Waals surface area contributed by atoms with Gasteiger partial charge in [0.15, 0.2) is 0 Å². The van der Waals surface area contributed by atoms with Gasteiger partial charge in [0, 0.05) is 16.7 Å². The lowest BCUT2D eigenvalue weighted by molar-refractivity contribution is -0.123. The molecule has 94 valence electrons. The molecule has 0 aliphatic rings. The second-order valence-corrected chi connectivity index (χ2v) is 5.02. The van der Waals surface area contributed by atoms with Crippen molar-refractivity contribution in [1.82, 2.24) is 20.6 Å². The summed E-state index contributed by atoms with van der Waals surface area (Å²) in [5.41, 5.74) is 1.09. The van der Waals surface area contributed by atoms with Gasteiger partial charge in [-0.2, -0.15) is 5.21 Å². The van der Waals surface area contributed by atoms with Gasteiger partial charge in [-0.25, -0.2) is 0 Å². The van der Waals surface area contributed by atoms with Gasteiger partial charge in [-0.05, 0) is 17.3 Å². The molecule has 0 saturated heterocycles. The zero-order valence-electron chi connectivity index (χ0n) is 10.6. The second-order valence-electron chi connectivity index (χ2n) is 5.02. The summed E-state index contributed by atoms with van der Waals surface area (Å²) >= 11 is 0. The average molecular weight is 245 g/mol. The number of rotatable bonds is 2. The summed E-state index contributed by atoms with van der Waals surface area (Å²) in [4.78, 5) is 11.9. The lowest BCUT2D eigenvalue weighted by atomic mass is 9.95. The van der Waals surface area contributed by atoms with Crippen LogP contribution in [0.25, 0.3) is 11.4 Å². The summed E-state index contributed by atoms with van der Waals surface area (Å²) in [6.45, 7) is 5.60. The number of hydrogen-bond donors (Lipinski definition) is 2. The Balaban J connectivity index is 2.21. The van der Waals surface area contributed by atoms with E-state index < -0.39 is 5.41 Å². The number of nitrogens with one attached hydrogen (secondary N) is 2. The molecule has 2 N–H and O–H groups in total. The Bertz CT molecular complexity index is 542. The van der Waals surface area contributed by atoms with Crippen LogP contribution in [-0.4, -0.2) is 26.5 Å². The zero-order valence-corrected chi connectivity index (χ0v) is 10.6. The fourth-order valence-electron chi connectivity index (χ4n) is 1.34. The van der Waals surface area contributed by atoms with Crippen LogP contribution < -0.4 is 5.32 Å². The first-order valence-electron chi connectivity index (χ1n) is 5.62. The predicted molar refractivity (Wildman–Crippen MR) is 67.7 cm³/mol. The molecule has 0 unspecified atom stereocenters. The van der Waals surface area contributed by atoms with Crippen LogP contribution in [0.15, 0.2) is 24.3 Å². The number of hydrogen-bond acceptors (Lipinski definition) is 4. The van der Waals surface area contributed by atoms with Crippen LogP contribution in [-0.2, 0) is 4.79 Å². The fraction of sp³-hybridized carbons (Fsp3) is 0.333. The van der Waals surface area contributed by atoms with E-state index in [4.69, 9.17) is 0 Å². The molecule has 1 aromatic heterocycles. The first-order chi connectivity index (χ1) is 8.47. The van der Waals surface area contributed by atoms with Crippen molar-refractivity contribution in [2.24, 2.45) is 5.41 Å².